The van der Waals surface area contributed by atoms with Crippen LogP contribution >= 0.6 is 0 Å². The molecule has 0 saturated carbocycles. The third-order valence-electron chi connectivity index (χ3n) is 2.78. The number of likely N-dealkylation sites (tertiary alicyclic amines) is 1. The second-order valence-corrected chi connectivity index (χ2v) is 4.01. The largest absolute Gasteiger partial charge is 0.391 e. The molecule has 0 unspecified atom stereocenters. The van der Waals surface area contributed by atoms with Gasteiger partial charge in [0.2, 0.25) is 5.91 Å². The van der Waals surface area contributed by atoms with Gasteiger partial charge in [0.25, 0.3) is 5.91 Å². The van der Waals surface area contributed by atoms with Gasteiger partial charge in [-0.15, -0.1) is 0 Å². The van der Waals surface area contributed by atoms with E-state index in [4.69, 9.17) is 5.73 Å². The Morgan fingerprint density at radius 3 is 2.88 bits per heavy atom. The van der Waals surface area contributed by atoms with Crippen molar-refractivity contribution in [3.8, 4) is 0 Å². The Morgan fingerprint density at radius 1 is 1.53 bits per heavy atom. The van der Waals surface area contributed by atoms with E-state index >= 15 is 0 Å². The summed E-state index contributed by atoms with van der Waals surface area (Å²) in [5, 5.41) is 9.50. The number of aliphatic hydroxyl groups excluding tert-OH is 1. The number of aliphatic hydroxyl groups is 1. The summed E-state index contributed by atoms with van der Waals surface area (Å²) in [4.78, 5) is 28.4. The fourth-order valence-corrected chi connectivity index (χ4v) is 1.96. The second kappa shape index (κ2) is 4.50. The molecule has 90 valence electrons. The molecule has 2 amide bonds. The predicted molar refractivity (Wildman–Crippen MR) is 58.9 cm³/mol. The number of carbonyl (C=O) groups is 2. The molecule has 1 aromatic rings. The molecule has 0 bridgehead atoms. The molecule has 2 heterocycles. The number of hydrogen-bond donors (Lipinski definition) is 2. The van der Waals surface area contributed by atoms with Crippen LogP contribution in [0.3, 0.4) is 0 Å². The van der Waals surface area contributed by atoms with Crippen LogP contribution in [-0.2, 0) is 4.79 Å². The molecule has 2 atom stereocenters. The maximum atomic E-state index is 12.1. The van der Waals surface area contributed by atoms with Gasteiger partial charge < -0.3 is 15.7 Å². The van der Waals surface area contributed by atoms with E-state index in [1.807, 2.05) is 0 Å². The number of amides is 2. The van der Waals surface area contributed by atoms with E-state index in [-0.39, 0.29) is 18.9 Å². The maximum absolute atomic E-state index is 12.1. The van der Waals surface area contributed by atoms with Gasteiger partial charge in [0, 0.05) is 25.4 Å². The molecule has 6 nitrogen and oxygen atoms in total. The lowest BCUT2D eigenvalue weighted by atomic mass is 10.2. The van der Waals surface area contributed by atoms with Crippen molar-refractivity contribution in [1.82, 2.24) is 9.88 Å². The van der Waals surface area contributed by atoms with Gasteiger partial charge in [-0.2, -0.15) is 0 Å². The molecule has 0 aliphatic carbocycles. The monoisotopic (exact) mass is 235 g/mol. The van der Waals surface area contributed by atoms with E-state index in [0.29, 0.717) is 5.56 Å². The Labute approximate surface area is 98.1 Å². The molecular weight excluding hydrogens is 222 g/mol. The number of aromatic nitrogens is 1. The number of β-amino-alcohol motifs (C(OH)–C–C–N with tert-alkyl or cyclic N) is 1. The molecule has 1 saturated heterocycles. The number of primary amides is 1. The van der Waals surface area contributed by atoms with Crippen molar-refractivity contribution in [3.63, 3.8) is 0 Å². The van der Waals surface area contributed by atoms with Gasteiger partial charge in [0.05, 0.1) is 11.7 Å². The highest BCUT2D eigenvalue weighted by Gasteiger charge is 2.38. The number of hydrogen-bond acceptors (Lipinski definition) is 4. The van der Waals surface area contributed by atoms with Gasteiger partial charge >= 0.3 is 0 Å². The van der Waals surface area contributed by atoms with Crippen molar-refractivity contribution >= 4 is 11.8 Å². The van der Waals surface area contributed by atoms with Crippen LogP contribution in [0.1, 0.15) is 16.8 Å². The predicted octanol–water partition coefficient (Wildman–Crippen LogP) is -0.858. The van der Waals surface area contributed by atoms with Crippen molar-refractivity contribution < 1.29 is 14.7 Å². The Kier molecular flexibility index (Phi) is 3.06. The van der Waals surface area contributed by atoms with E-state index in [2.05, 4.69) is 4.98 Å². The molecule has 17 heavy (non-hydrogen) atoms. The van der Waals surface area contributed by atoms with Crippen LogP contribution in [0.2, 0.25) is 0 Å². The average Bonchev–Trinajstić information content (AvgIpc) is 2.72. The number of carbonyl (C=O) groups excluding carboxylic acids is 2. The maximum Gasteiger partial charge on any atom is 0.256 e. The van der Waals surface area contributed by atoms with E-state index in [1.165, 1.54) is 11.1 Å². The molecule has 1 aliphatic rings. The van der Waals surface area contributed by atoms with Crippen LogP contribution in [0, 0.1) is 0 Å². The lowest BCUT2D eigenvalue weighted by Crippen LogP contribution is -2.43. The molecule has 1 aliphatic heterocycles. The fourth-order valence-electron chi connectivity index (χ4n) is 1.96. The topological polar surface area (TPSA) is 96.5 Å². The summed E-state index contributed by atoms with van der Waals surface area (Å²) in [7, 11) is 0. The highest BCUT2D eigenvalue weighted by molar-refractivity contribution is 5.97. The van der Waals surface area contributed by atoms with Crippen molar-refractivity contribution in [2.45, 2.75) is 18.6 Å². The number of nitrogens with two attached hydrogens (primary N) is 1. The lowest BCUT2D eigenvalue weighted by Gasteiger charge is -2.21. The lowest BCUT2D eigenvalue weighted by molar-refractivity contribution is -0.121. The van der Waals surface area contributed by atoms with Crippen molar-refractivity contribution in [2.75, 3.05) is 6.54 Å². The summed E-state index contributed by atoms with van der Waals surface area (Å²) in [6.07, 6.45) is 2.47. The minimum absolute atomic E-state index is 0.126. The van der Waals surface area contributed by atoms with Crippen LogP contribution in [0.4, 0.5) is 0 Å². The number of rotatable bonds is 2. The SMILES string of the molecule is NC(=O)[C@H]1C[C@H](O)CN1C(=O)c1cccnc1. The third kappa shape index (κ3) is 2.26. The molecule has 6 heteroatoms. The number of pyridine rings is 1. The smallest absolute Gasteiger partial charge is 0.256 e. The molecule has 3 N–H and O–H groups in total. The van der Waals surface area contributed by atoms with Gasteiger partial charge in [-0.1, -0.05) is 0 Å². The third-order valence-corrected chi connectivity index (χ3v) is 2.78. The summed E-state index contributed by atoms with van der Waals surface area (Å²) >= 11 is 0. The second-order valence-electron chi connectivity index (χ2n) is 4.01. The van der Waals surface area contributed by atoms with Gasteiger partial charge in [-0.05, 0) is 12.1 Å². The molecule has 1 fully saturated rings. The zero-order valence-electron chi connectivity index (χ0n) is 9.11. The standard InChI is InChI=1S/C11H13N3O3/c12-10(16)9-4-8(15)6-14(9)11(17)7-2-1-3-13-5-7/h1-3,5,8-9,15H,4,6H2,(H2,12,16)/t8-,9+/m0/s1. The summed E-state index contributed by atoms with van der Waals surface area (Å²) in [6, 6.07) is 2.51. The Bertz CT molecular complexity index is 435. The highest BCUT2D eigenvalue weighted by atomic mass is 16.3. The minimum Gasteiger partial charge on any atom is -0.391 e. The average molecular weight is 235 g/mol. The molecule has 2 rings (SSSR count). The molecular formula is C11H13N3O3. The van der Waals surface area contributed by atoms with Gasteiger partial charge in [0.1, 0.15) is 6.04 Å². The van der Waals surface area contributed by atoms with Crippen LogP contribution < -0.4 is 5.73 Å². The van der Waals surface area contributed by atoms with Crippen LogP contribution in [0.25, 0.3) is 0 Å². The molecule has 0 aromatic carbocycles. The molecule has 0 spiro atoms. The van der Waals surface area contributed by atoms with Crippen molar-refractivity contribution in [2.24, 2.45) is 5.73 Å². The minimum atomic E-state index is -0.738. The Balaban J connectivity index is 2.22. The zero-order chi connectivity index (χ0) is 12.4. The van der Waals surface area contributed by atoms with Crippen LogP contribution in [-0.4, -0.2) is 45.5 Å². The summed E-state index contributed by atoms with van der Waals surface area (Å²) in [6.45, 7) is 0.126. The highest BCUT2D eigenvalue weighted by Crippen LogP contribution is 2.20. The van der Waals surface area contributed by atoms with E-state index in [9.17, 15) is 14.7 Å². The van der Waals surface area contributed by atoms with Gasteiger partial charge in [0.15, 0.2) is 0 Å². The van der Waals surface area contributed by atoms with Gasteiger partial charge in [-0.25, -0.2) is 0 Å². The Hall–Kier alpha value is -1.95. The first-order valence-corrected chi connectivity index (χ1v) is 5.28. The molecule has 0 radical (unpaired) electrons. The van der Waals surface area contributed by atoms with Crippen LogP contribution in [0.5, 0.6) is 0 Å². The summed E-state index contributed by atoms with van der Waals surface area (Å²) in [5.74, 6) is -0.933. The van der Waals surface area contributed by atoms with Gasteiger partial charge in [-0.3, -0.25) is 14.6 Å². The van der Waals surface area contributed by atoms with Crippen LogP contribution in [0.15, 0.2) is 24.5 Å². The number of nitrogens with zero attached hydrogens (tertiary/aromatic N) is 2. The zero-order valence-corrected chi connectivity index (χ0v) is 9.11. The summed E-state index contributed by atoms with van der Waals surface area (Å²) in [5.41, 5.74) is 5.59. The summed E-state index contributed by atoms with van der Waals surface area (Å²) < 4.78 is 0. The first-order valence-electron chi connectivity index (χ1n) is 5.28. The van der Waals surface area contributed by atoms with Crippen molar-refractivity contribution in [1.29, 1.82) is 0 Å². The fraction of sp³-hybridized carbons (Fsp3) is 0.364. The van der Waals surface area contributed by atoms with E-state index in [0.717, 1.165) is 0 Å². The Morgan fingerprint density at radius 2 is 2.29 bits per heavy atom. The quantitative estimate of drug-likeness (QED) is 0.697. The van der Waals surface area contributed by atoms with E-state index in [1.54, 1.807) is 18.3 Å². The van der Waals surface area contributed by atoms with E-state index < -0.39 is 18.1 Å². The van der Waals surface area contributed by atoms with Crippen molar-refractivity contribution in [3.05, 3.63) is 30.1 Å². The normalized spacial score (nSPS) is 23.7. The first kappa shape index (κ1) is 11.5. The first-order chi connectivity index (χ1) is 8.09. The molecule has 1 aromatic heterocycles.